The molecule has 0 atom stereocenters. The highest BCUT2D eigenvalue weighted by Crippen LogP contribution is 2.26. The van der Waals surface area contributed by atoms with Crippen LogP contribution in [0.2, 0.25) is 0 Å². The van der Waals surface area contributed by atoms with Crippen molar-refractivity contribution in [3.8, 4) is 0 Å². The average molecular weight is 197 g/mol. The number of allylic oxidation sites excluding steroid dienone is 1. The van der Waals surface area contributed by atoms with E-state index in [-0.39, 0.29) is 5.54 Å². The molecule has 0 spiro atoms. The van der Waals surface area contributed by atoms with Crippen molar-refractivity contribution in [2.45, 2.75) is 53.5 Å². The maximum Gasteiger partial charge on any atom is 0.0749 e. The number of rotatable bonds is 4. The first-order valence-electron chi connectivity index (χ1n) is 4.98. The van der Waals surface area contributed by atoms with E-state index in [0.717, 1.165) is 6.42 Å². The van der Waals surface area contributed by atoms with Crippen molar-refractivity contribution in [3.63, 3.8) is 0 Å². The zero-order chi connectivity index (χ0) is 11.4. The Labute approximate surface area is 87.5 Å². The minimum Gasteiger partial charge on any atom is -0.384 e. The predicted octanol–water partition coefficient (Wildman–Crippen LogP) is 3.68. The first-order chi connectivity index (χ1) is 6.16. The van der Waals surface area contributed by atoms with Crippen LogP contribution in [0, 0.1) is 10.9 Å². The molecule has 0 radical (unpaired) electrons. The van der Waals surface area contributed by atoms with Gasteiger partial charge in [-0.15, -0.1) is 0 Å². The fourth-order valence-electron chi connectivity index (χ4n) is 1.71. The van der Waals surface area contributed by atoms with Crippen molar-refractivity contribution >= 4 is 0 Å². The molecule has 14 heavy (non-hydrogen) atoms. The van der Waals surface area contributed by atoms with Crippen molar-refractivity contribution in [2.24, 2.45) is 10.5 Å². The summed E-state index contributed by atoms with van der Waals surface area (Å²) < 4.78 is 0. The second-order valence-corrected chi connectivity index (χ2v) is 5.66. The van der Waals surface area contributed by atoms with Gasteiger partial charge in [-0.25, -0.2) is 5.53 Å². The van der Waals surface area contributed by atoms with Crippen molar-refractivity contribution in [1.82, 2.24) is 5.32 Å². The Balaban J connectivity index is 4.28. The molecule has 0 aliphatic rings. The lowest BCUT2D eigenvalue weighted by atomic mass is 9.82. The van der Waals surface area contributed by atoms with Gasteiger partial charge in [-0.2, -0.15) is 5.11 Å². The molecule has 0 aromatic rings. The Morgan fingerprint density at radius 1 is 1.29 bits per heavy atom. The lowest BCUT2D eigenvalue weighted by Crippen LogP contribution is -2.39. The van der Waals surface area contributed by atoms with Gasteiger partial charge in [0.05, 0.1) is 5.70 Å². The van der Waals surface area contributed by atoms with Crippen molar-refractivity contribution < 1.29 is 0 Å². The van der Waals surface area contributed by atoms with Crippen LogP contribution in [0.25, 0.3) is 0 Å². The Bertz CT molecular complexity index is 221. The quantitative estimate of drug-likeness (QED) is 0.663. The highest BCUT2D eigenvalue weighted by atomic mass is 15.0. The zero-order valence-electron chi connectivity index (χ0n) is 10.2. The van der Waals surface area contributed by atoms with Crippen LogP contribution < -0.4 is 5.32 Å². The summed E-state index contributed by atoms with van der Waals surface area (Å²) in [4.78, 5) is 0. The Hall–Kier alpha value is -0.860. The van der Waals surface area contributed by atoms with E-state index in [1.54, 1.807) is 6.20 Å². The van der Waals surface area contributed by atoms with Crippen LogP contribution >= 0.6 is 0 Å². The van der Waals surface area contributed by atoms with Crippen LogP contribution in [0.4, 0.5) is 0 Å². The molecule has 0 saturated heterocycles. The fourth-order valence-corrected chi connectivity index (χ4v) is 1.71. The molecule has 0 aromatic carbocycles. The van der Waals surface area contributed by atoms with Gasteiger partial charge in [0.25, 0.3) is 0 Å². The third-order valence-electron chi connectivity index (χ3n) is 1.82. The van der Waals surface area contributed by atoms with Crippen LogP contribution in [0.3, 0.4) is 0 Å². The Morgan fingerprint density at radius 3 is 2.14 bits per heavy atom. The largest absolute Gasteiger partial charge is 0.384 e. The highest BCUT2D eigenvalue weighted by Gasteiger charge is 2.23. The zero-order valence-corrected chi connectivity index (χ0v) is 10.2. The minimum atomic E-state index is 0.0458. The summed E-state index contributed by atoms with van der Waals surface area (Å²) in [5.74, 6) is 0. The molecule has 0 bridgehead atoms. The summed E-state index contributed by atoms with van der Waals surface area (Å²) >= 11 is 0. The van der Waals surface area contributed by atoms with Gasteiger partial charge in [-0.3, -0.25) is 0 Å². The van der Waals surface area contributed by atoms with Gasteiger partial charge in [-0.05, 0) is 32.6 Å². The van der Waals surface area contributed by atoms with E-state index in [9.17, 15) is 0 Å². The van der Waals surface area contributed by atoms with E-state index in [1.807, 2.05) is 6.92 Å². The van der Waals surface area contributed by atoms with Crippen LogP contribution in [0.5, 0.6) is 0 Å². The van der Waals surface area contributed by atoms with Gasteiger partial charge in [0.2, 0.25) is 0 Å². The number of nitrogens with one attached hydrogen (secondary N) is 2. The number of hydrogen-bond acceptors (Lipinski definition) is 3. The third-order valence-corrected chi connectivity index (χ3v) is 1.82. The summed E-state index contributed by atoms with van der Waals surface area (Å²) in [7, 11) is 0. The predicted molar refractivity (Wildman–Crippen MR) is 60.2 cm³/mol. The van der Waals surface area contributed by atoms with Gasteiger partial charge in [0.1, 0.15) is 0 Å². The second-order valence-electron chi connectivity index (χ2n) is 5.66. The van der Waals surface area contributed by atoms with E-state index in [4.69, 9.17) is 5.53 Å². The molecular weight excluding hydrogens is 174 g/mol. The summed E-state index contributed by atoms with van der Waals surface area (Å²) in [6, 6.07) is 0. The molecule has 0 aliphatic heterocycles. The first kappa shape index (κ1) is 13.1. The van der Waals surface area contributed by atoms with E-state index >= 15 is 0 Å². The van der Waals surface area contributed by atoms with Gasteiger partial charge in [0.15, 0.2) is 0 Å². The Kier molecular flexibility index (Phi) is 4.30. The molecule has 0 aliphatic carbocycles. The molecule has 0 amide bonds. The van der Waals surface area contributed by atoms with Gasteiger partial charge in [0, 0.05) is 11.7 Å². The van der Waals surface area contributed by atoms with E-state index in [1.165, 1.54) is 0 Å². The molecule has 0 unspecified atom stereocenters. The van der Waals surface area contributed by atoms with E-state index < -0.39 is 0 Å². The number of nitrogens with zero attached hydrogens (tertiary/aromatic N) is 1. The fraction of sp³-hybridized carbons (Fsp3) is 0.818. The van der Waals surface area contributed by atoms with Crippen LogP contribution in [-0.2, 0) is 0 Å². The summed E-state index contributed by atoms with van der Waals surface area (Å²) in [5, 5.41) is 6.63. The molecule has 0 rings (SSSR count). The van der Waals surface area contributed by atoms with Crippen LogP contribution in [0.1, 0.15) is 48.0 Å². The van der Waals surface area contributed by atoms with Crippen molar-refractivity contribution in [1.29, 1.82) is 5.53 Å². The Morgan fingerprint density at radius 2 is 1.79 bits per heavy atom. The smallest absolute Gasteiger partial charge is 0.0749 e. The lowest BCUT2D eigenvalue weighted by molar-refractivity contribution is 0.260. The molecule has 3 heteroatoms. The van der Waals surface area contributed by atoms with Crippen LogP contribution in [-0.4, -0.2) is 5.54 Å². The molecule has 0 fully saturated rings. The monoisotopic (exact) mass is 197 g/mol. The summed E-state index contributed by atoms with van der Waals surface area (Å²) in [6.45, 7) is 12.8. The standard InChI is InChI=1S/C11H23N3/c1-9(14-12)7-13-11(5,6)8-10(2,3)4/h7,12-13H,8H2,1-6H3/b9-7-,14-12?. The van der Waals surface area contributed by atoms with Crippen LogP contribution in [0.15, 0.2) is 17.0 Å². The van der Waals surface area contributed by atoms with Gasteiger partial charge < -0.3 is 5.32 Å². The normalized spacial score (nSPS) is 14.0. The topological polar surface area (TPSA) is 48.2 Å². The molecule has 0 aromatic heterocycles. The second kappa shape index (κ2) is 4.58. The molecule has 82 valence electrons. The first-order valence-corrected chi connectivity index (χ1v) is 4.98. The molecule has 0 saturated carbocycles. The highest BCUT2D eigenvalue weighted by molar-refractivity contribution is 4.97. The van der Waals surface area contributed by atoms with Crippen molar-refractivity contribution in [3.05, 3.63) is 11.9 Å². The summed E-state index contributed by atoms with van der Waals surface area (Å²) in [5.41, 5.74) is 7.86. The van der Waals surface area contributed by atoms with E-state index in [2.05, 4.69) is 45.0 Å². The maximum absolute atomic E-state index is 6.81. The maximum atomic E-state index is 6.81. The number of hydrogen-bond donors (Lipinski definition) is 2. The molecule has 3 nitrogen and oxygen atoms in total. The van der Waals surface area contributed by atoms with Gasteiger partial charge >= 0.3 is 0 Å². The third kappa shape index (κ3) is 6.63. The van der Waals surface area contributed by atoms with Gasteiger partial charge in [-0.1, -0.05) is 20.8 Å². The van der Waals surface area contributed by atoms with Crippen molar-refractivity contribution in [2.75, 3.05) is 0 Å². The summed E-state index contributed by atoms with van der Waals surface area (Å²) in [6.07, 6.45) is 2.88. The molecule has 0 heterocycles. The lowest BCUT2D eigenvalue weighted by Gasteiger charge is -2.32. The average Bonchev–Trinajstić information content (AvgIpc) is 1.96. The SMILES string of the molecule is C/C(=C/NC(C)(C)CC(C)(C)C)N=N. The van der Waals surface area contributed by atoms with E-state index in [0.29, 0.717) is 11.1 Å². The minimum absolute atomic E-state index is 0.0458. The molecular formula is C11H23N3. The molecule has 2 N–H and O–H groups in total.